The van der Waals surface area contributed by atoms with Crippen molar-refractivity contribution in [1.82, 2.24) is 9.88 Å². The van der Waals surface area contributed by atoms with Crippen molar-refractivity contribution in [2.45, 2.75) is 38.2 Å². The summed E-state index contributed by atoms with van der Waals surface area (Å²) in [6.45, 7) is 8.22. The number of amides is 1. The van der Waals surface area contributed by atoms with E-state index in [0.717, 1.165) is 27.8 Å². The standard InChI is InChI=1S/C27H26F4N3O4.C5H7F3O.Li/c1-5-17-11-15(2)12-20(28)22(17)24(35)32-21(26(37)38)14-16-7-6-8-18(13-16)34(4)23-19(27(29,30)31)9-10-33(3)25(23)36;1-2-9-4-3-5(6,7)8;/h6-13,21H,2,5,14H2,1,3-4H3,(H,32,35)(H,37,38);3H,1-2,4H2;/q-1;-2;+1/t21-;;/m0../s1. The van der Waals surface area contributed by atoms with Crippen molar-refractivity contribution in [3.05, 3.63) is 113 Å². The molecule has 0 spiro atoms. The zero-order valence-corrected chi connectivity index (χ0v) is 26.6. The van der Waals surface area contributed by atoms with Gasteiger partial charge in [-0.3, -0.25) is 9.59 Å². The van der Waals surface area contributed by atoms with Crippen molar-refractivity contribution in [3.63, 3.8) is 0 Å². The number of aliphatic carboxylic acids is 1. The van der Waals surface area contributed by atoms with Crippen molar-refractivity contribution in [2.75, 3.05) is 25.2 Å². The number of alkyl halides is 6. The number of aromatic nitrogens is 1. The third kappa shape index (κ3) is 11.9. The Bertz CT molecular complexity index is 1610. The van der Waals surface area contributed by atoms with Crippen molar-refractivity contribution < 1.29 is 69.0 Å². The van der Waals surface area contributed by atoms with E-state index in [1.54, 1.807) is 6.92 Å². The Kier molecular flexibility index (Phi) is 15.8. The number of carbonyl (C=O) groups is 2. The van der Waals surface area contributed by atoms with E-state index in [0.29, 0.717) is 23.1 Å². The van der Waals surface area contributed by atoms with Gasteiger partial charge < -0.3 is 31.6 Å². The summed E-state index contributed by atoms with van der Waals surface area (Å²) in [7, 11) is 2.62. The van der Waals surface area contributed by atoms with E-state index >= 15 is 0 Å². The maximum Gasteiger partial charge on any atom is 1.00 e. The summed E-state index contributed by atoms with van der Waals surface area (Å²) in [5.41, 5.74) is -1.58. The van der Waals surface area contributed by atoms with E-state index in [-0.39, 0.29) is 49.6 Å². The molecule has 2 aromatic carbocycles. The molecule has 0 aliphatic carbocycles. The average molecular weight is 680 g/mol. The summed E-state index contributed by atoms with van der Waals surface area (Å²) < 4.78 is 94.5. The van der Waals surface area contributed by atoms with Crippen molar-refractivity contribution in [3.8, 4) is 0 Å². The van der Waals surface area contributed by atoms with Crippen LogP contribution in [0.1, 0.15) is 39.5 Å². The normalized spacial score (nSPS) is 11.9. The Morgan fingerprint density at radius 3 is 2.31 bits per heavy atom. The molecule has 0 fully saturated rings. The number of carbonyl (C=O) groups excluding carboxylic acids is 1. The third-order valence-electron chi connectivity index (χ3n) is 6.64. The number of hydrogen-bond donors (Lipinski definition) is 2. The van der Waals surface area contributed by atoms with Gasteiger partial charge in [-0.1, -0.05) is 37.8 Å². The fourth-order valence-electron chi connectivity index (χ4n) is 4.35. The predicted octanol–water partition coefficient (Wildman–Crippen LogP) is 3.09. The minimum absolute atomic E-state index is 0. The molecule has 48 heavy (non-hydrogen) atoms. The third-order valence-corrected chi connectivity index (χ3v) is 6.64. The molecule has 1 atom stereocenters. The first-order chi connectivity index (χ1) is 21.8. The zero-order chi connectivity index (χ0) is 35.7. The van der Waals surface area contributed by atoms with Gasteiger partial charge in [0.05, 0.1) is 16.9 Å². The smallest absolute Gasteiger partial charge is 0.480 e. The first kappa shape index (κ1) is 42.1. The second-order valence-electron chi connectivity index (χ2n) is 10.1. The molecule has 1 amide bonds. The van der Waals surface area contributed by atoms with Crippen LogP contribution in [0.3, 0.4) is 0 Å². The van der Waals surface area contributed by atoms with Gasteiger partial charge in [0.25, 0.3) is 17.6 Å². The molecular weight excluding hydrogens is 646 g/mol. The van der Waals surface area contributed by atoms with Gasteiger partial charge in [0.2, 0.25) is 0 Å². The number of carboxylic acids is 1. The number of benzene rings is 2. The van der Waals surface area contributed by atoms with E-state index in [2.05, 4.69) is 23.9 Å². The summed E-state index contributed by atoms with van der Waals surface area (Å²) >= 11 is 0. The summed E-state index contributed by atoms with van der Waals surface area (Å²) in [4.78, 5) is 38.5. The monoisotopic (exact) mass is 679 g/mol. The summed E-state index contributed by atoms with van der Waals surface area (Å²) in [6.07, 6.45) is -7.79. The average Bonchev–Trinajstić information content (AvgIpc) is 2.96. The van der Waals surface area contributed by atoms with Gasteiger partial charge >= 0.3 is 31.0 Å². The number of nitrogens with one attached hydrogen (secondary N) is 1. The Labute approximate surface area is 285 Å². The van der Waals surface area contributed by atoms with Gasteiger partial charge in [0.15, 0.2) is 0 Å². The largest absolute Gasteiger partial charge is 1.00 e. The Hall–Kier alpha value is -3.93. The van der Waals surface area contributed by atoms with Crippen molar-refractivity contribution in [2.24, 2.45) is 7.05 Å². The summed E-state index contributed by atoms with van der Waals surface area (Å²) in [5.74, 6) is -3.13. The second-order valence-corrected chi connectivity index (χ2v) is 10.1. The van der Waals surface area contributed by atoms with Gasteiger partial charge in [-0.2, -0.15) is 31.7 Å². The van der Waals surface area contributed by atoms with Gasteiger partial charge in [-0.15, -0.1) is 6.07 Å². The topological polar surface area (TPSA) is 101 Å². The first-order valence-electron chi connectivity index (χ1n) is 13.9. The number of carboxylic acid groups (broad SMARTS) is 1. The molecule has 0 aliphatic rings. The van der Waals surface area contributed by atoms with Crippen LogP contribution in [0.2, 0.25) is 0 Å². The van der Waals surface area contributed by atoms with E-state index in [4.69, 9.17) is 0 Å². The van der Waals surface area contributed by atoms with Crippen LogP contribution in [0.25, 0.3) is 0 Å². The van der Waals surface area contributed by atoms with Gasteiger partial charge in [0.1, 0.15) is 11.7 Å². The number of rotatable bonds is 11. The summed E-state index contributed by atoms with van der Waals surface area (Å²) in [6, 6.07) is 7.85. The molecule has 0 radical (unpaired) electrons. The molecule has 0 aliphatic heterocycles. The Morgan fingerprint density at radius 1 is 1.12 bits per heavy atom. The summed E-state index contributed by atoms with van der Waals surface area (Å²) in [5, 5.41) is 12.0. The Morgan fingerprint density at radius 2 is 1.77 bits per heavy atom. The SMILES string of the molecule is [CH2-]COC[CH-]C(F)(F)F.[CH2-]c1cc(F)c(C(=O)N[C@@H](Cc2cccc(N(C)c3c(C(F)(F)F)ccn(C)c3=O)c2)C(=O)O)c(CC)c1.[Li+]. The molecule has 1 aromatic heterocycles. The van der Waals surface area contributed by atoms with E-state index in [1.165, 1.54) is 44.4 Å². The maximum absolute atomic E-state index is 14.5. The number of anilines is 2. The molecule has 8 nitrogen and oxygen atoms in total. The molecule has 3 rings (SSSR count). The fourth-order valence-corrected chi connectivity index (χ4v) is 4.35. The van der Waals surface area contributed by atoms with Gasteiger partial charge in [0, 0.05) is 32.4 Å². The molecule has 16 heteroatoms. The van der Waals surface area contributed by atoms with Gasteiger partial charge in [-0.05, 0) is 30.2 Å². The quantitative estimate of drug-likeness (QED) is 0.140. The Balaban J connectivity index is 0.00000101. The maximum atomic E-state index is 14.5. The van der Waals surface area contributed by atoms with Crippen molar-refractivity contribution in [1.29, 1.82) is 0 Å². The van der Waals surface area contributed by atoms with Gasteiger partial charge in [-0.25, -0.2) is 28.8 Å². The van der Waals surface area contributed by atoms with Crippen LogP contribution >= 0.6 is 0 Å². The number of pyridine rings is 1. The van der Waals surface area contributed by atoms with Crippen LogP contribution in [0.4, 0.5) is 42.1 Å². The molecule has 0 bridgehead atoms. The molecule has 3 aromatic rings. The molecule has 0 saturated carbocycles. The number of aryl methyl sites for hydroxylation is 2. The number of hydrogen-bond acceptors (Lipinski definition) is 5. The second kappa shape index (κ2) is 18.0. The van der Waals surface area contributed by atoms with E-state index in [1.807, 2.05) is 0 Å². The molecule has 0 unspecified atom stereocenters. The number of ether oxygens (including phenoxy) is 1. The fraction of sp³-hybridized carbons (Fsp3) is 0.312. The first-order valence-corrected chi connectivity index (χ1v) is 13.9. The van der Waals surface area contributed by atoms with Crippen LogP contribution in [0.15, 0.2) is 53.5 Å². The minimum Gasteiger partial charge on any atom is -0.480 e. The molecule has 258 valence electrons. The van der Waals surface area contributed by atoms with Crippen LogP contribution in [0.5, 0.6) is 0 Å². The molecule has 0 saturated heterocycles. The van der Waals surface area contributed by atoms with Crippen molar-refractivity contribution >= 4 is 23.3 Å². The molecule has 1 heterocycles. The molecule has 2 N–H and O–H groups in total. The predicted molar refractivity (Wildman–Crippen MR) is 161 cm³/mol. The number of halogens is 7. The van der Waals surface area contributed by atoms with E-state index < -0.39 is 59.5 Å². The minimum atomic E-state index is -4.79. The van der Waals surface area contributed by atoms with Crippen LogP contribution in [-0.2, 0) is 35.6 Å². The van der Waals surface area contributed by atoms with E-state index in [9.17, 15) is 50.2 Å². The van der Waals surface area contributed by atoms with Crippen LogP contribution in [0, 0.1) is 26.1 Å². The zero-order valence-electron chi connectivity index (χ0n) is 26.6. The molecular formula is C32H33F7LiN3O5-2. The van der Waals surface area contributed by atoms with Crippen LogP contribution in [-0.4, -0.2) is 54.0 Å². The number of nitrogens with zero attached hydrogens (tertiary/aromatic N) is 2. The van der Waals surface area contributed by atoms with Crippen LogP contribution < -0.4 is 34.6 Å².